The van der Waals surface area contributed by atoms with Crippen LogP contribution in [0.4, 0.5) is 28.0 Å². The van der Waals surface area contributed by atoms with Crippen molar-refractivity contribution in [3.05, 3.63) is 48.4 Å². The van der Waals surface area contributed by atoms with Crippen molar-refractivity contribution in [2.75, 3.05) is 18.0 Å². The largest absolute Gasteiger partial charge is 0.471 e. The molecule has 12 heteroatoms. The summed E-state index contributed by atoms with van der Waals surface area (Å²) in [6.45, 7) is 0.363. The molecule has 152 valence electrons. The van der Waals surface area contributed by atoms with Gasteiger partial charge in [-0.2, -0.15) is 18.2 Å². The third-order valence-electron chi connectivity index (χ3n) is 4.28. The van der Waals surface area contributed by atoms with E-state index in [1.807, 2.05) is 0 Å². The van der Waals surface area contributed by atoms with E-state index >= 15 is 0 Å². The third-order valence-corrected chi connectivity index (χ3v) is 4.28. The Labute approximate surface area is 160 Å². The first-order valence-electron chi connectivity index (χ1n) is 8.33. The van der Waals surface area contributed by atoms with Crippen LogP contribution < -0.4 is 10.6 Å². The number of alkyl halides is 3. The van der Waals surface area contributed by atoms with E-state index in [9.17, 15) is 22.4 Å². The van der Waals surface area contributed by atoms with Crippen molar-refractivity contribution in [1.29, 1.82) is 0 Å². The Bertz CT molecular complexity index is 1060. The first kappa shape index (κ1) is 18.9. The van der Waals surface area contributed by atoms with Crippen LogP contribution in [0.15, 0.2) is 41.2 Å². The van der Waals surface area contributed by atoms with Crippen molar-refractivity contribution in [3.8, 4) is 17.1 Å². The molecule has 1 amide bonds. The maximum Gasteiger partial charge on any atom is 0.471 e. The van der Waals surface area contributed by atoms with E-state index in [0.717, 1.165) is 6.07 Å². The van der Waals surface area contributed by atoms with E-state index in [1.54, 1.807) is 0 Å². The Morgan fingerprint density at radius 2 is 2.07 bits per heavy atom. The van der Waals surface area contributed by atoms with Gasteiger partial charge >= 0.3 is 18.2 Å². The zero-order valence-corrected chi connectivity index (χ0v) is 14.6. The Kier molecular flexibility index (Phi) is 4.49. The molecule has 2 aromatic heterocycles. The van der Waals surface area contributed by atoms with Crippen LogP contribution in [0.25, 0.3) is 17.1 Å². The van der Waals surface area contributed by atoms with Gasteiger partial charge in [0.15, 0.2) is 0 Å². The number of benzene rings is 1. The number of cyclic esters (lactones) is 1. The number of hydrogen-bond acceptors (Lipinski definition) is 6. The molecule has 3 heterocycles. The van der Waals surface area contributed by atoms with Gasteiger partial charge in [0.05, 0.1) is 17.9 Å². The molecule has 0 aliphatic carbocycles. The monoisotopic (exact) mass is 411 g/mol. The number of anilines is 1. The predicted octanol–water partition coefficient (Wildman–Crippen LogP) is 2.97. The summed E-state index contributed by atoms with van der Waals surface area (Å²) in [4.78, 5) is 16.4. The van der Waals surface area contributed by atoms with Crippen molar-refractivity contribution in [3.63, 3.8) is 0 Å². The molecule has 0 spiro atoms. The van der Waals surface area contributed by atoms with Crippen molar-refractivity contribution in [2.45, 2.75) is 12.3 Å². The number of nitrogens with zero attached hydrogens (tertiary/aromatic N) is 4. The lowest BCUT2D eigenvalue weighted by Crippen LogP contribution is -2.27. The number of carbonyl (C=O) groups excluding carboxylic acids is 1. The molecule has 0 bridgehead atoms. The SMILES string of the molecule is NC[C@H]1CN(c2ccc(-n3ccc(-c4noc(C(F)(F)F)n4)c3)c(F)c2)C(=O)O1. The van der Waals surface area contributed by atoms with Gasteiger partial charge in [0, 0.05) is 24.5 Å². The zero-order chi connectivity index (χ0) is 20.8. The van der Waals surface area contributed by atoms with Crippen LogP contribution in [-0.2, 0) is 10.9 Å². The molecule has 0 unspecified atom stereocenters. The van der Waals surface area contributed by atoms with E-state index in [1.165, 1.54) is 40.1 Å². The zero-order valence-electron chi connectivity index (χ0n) is 14.6. The Balaban J connectivity index is 1.58. The molecule has 2 N–H and O–H groups in total. The van der Waals surface area contributed by atoms with Crippen molar-refractivity contribution >= 4 is 11.8 Å². The van der Waals surface area contributed by atoms with Crippen LogP contribution in [0.5, 0.6) is 0 Å². The van der Waals surface area contributed by atoms with Crippen LogP contribution >= 0.6 is 0 Å². The molecule has 4 rings (SSSR count). The fourth-order valence-electron chi connectivity index (χ4n) is 2.86. The average Bonchev–Trinajstić information content (AvgIpc) is 3.39. The molecule has 1 aromatic carbocycles. The molecule has 1 saturated heterocycles. The summed E-state index contributed by atoms with van der Waals surface area (Å²) in [5.41, 5.74) is 6.10. The molecule has 0 radical (unpaired) electrons. The van der Waals surface area contributed by atoms with Gasteiger partial charge in [-0.1, -0.05) is 5.16 Å². The highest BCUT2D eigenvalue weighted by molar-refractivity contribution is 5.89. The highest BCUT2D eigenvalue weighted by Crippen LogP contribution is 2.30. The van der Waals surface area contributed by atoms with Crippen LogP contribution in [0, 0.1) is 5.82 Å². The highest BCUT2D eigenvalue weighted by atomic mass is 19.4. The highest BCUT2D eigenvalue weighted by Gasteiger charge is 2.38. The number of rotatable bonds is 4. The van der Waals surface area contributed by atoms with E-state index in [2.05, 4.69) is 14.7 Å². The molecular weight excluding hydrogens is 398 g/mol. The van der Waals surface area contributed by atoms with E-state index in [4.69, 9.17) is 10.5 Å². The standard InChI is InChI=1S/C17H13F4N5O3/c18-12-5-10(26-8-11(6-22)28-16(26)27)1-2-13(12)25-4-3-9(7-25)14-23-15(29-24-14)17(19,20)21/h1-5,7,11H,6,8,22H2/t11-/m0/s1. The topological polar surface area (TPSA) is 99.4 Å². The molecule has 8 nitrogen and oxygen atoms in total. The smallest absolute Gasteiger partial charge is 0.443 e. The average molecular weight is 411 g/mol. The molecule has 1 aliphatic heterocycles. The summed E-state index contributed by atoms with van der Waals surface area (Å²) < 4.78 is 63.0. The number of nitrogens with two attached hydrogens (primary N) is 1. The minimum atomic E-state index is -4.75. The van der Waals surface area contributed by atoms with Crippen molar-refractivity contribution in [2.24, 2.45) is 5.73 Å². The number of ether oxygens (including phenoxy) is 1. The summed E-state index contributed by atoms with van der Waals surface area (Å²) in [5, 5.41) is 3.29. The van der Waals surface area contributed by atoms with E-state index in [0.29, 0.717) is 5.69 Å². The second kappa shape index (κ2) is 6.88. The van der Waals surface area contributed by atoms with Crippen LogP contribution in [0.2, 0.25) is 0 Å². The molecule has 1 fully saturated rings. The van der Waals surface area contributed by atoms with Gasteiger partial charge in [0.2, 0.25) is 5.82 Å². The van der Waals surface area contributed by atoms with Crippen LogP contribution in [0.1, 0.15) is 5.89 Å². The Hall–Kier alpha value is -3.41. The summed E-state index contributed by atoms with van der Waals surface area (Å²) in [5.74, 6) is -2.40. The maximum atomic E-state index is 14.6. The molecule has 1 atom stereocenters. The summed E-state index contributed by atoms with van der Waals surface area (Å²) in [6, 6.07) is 5.52. The maximum absolute atomic E-state index is 14.6. The van der Waals surface area contributed by atoms with Crippen LogP contribution in [-0.4, -0.2) is 40.0 Å². The number of halogens is 4. The summed E-state index contributed by atoms with van der Waals surface area (Å²) >= 11 is 0. The van der Waals surface area contributed by atoms with Crippen molar-refractivity contribution in [1.82, 2.24) is 14.7 Å². The van der Waals surface area contributed by atoms with Crippen molar-refractivity contribution < 1.29 is 31.6 Å². The minimum absolute atomic E-state index is 0.113. The fourth-order valence-corrected chi connectivity index (χ4v) is 2.86. The molecule has 3 aromatic rings. The van der Waals surface area contributed by atoms with Gasteiger partial charge in [0.25, 0.3) is 0 Å². The second-order valence-electron chi connectivity index (χ2n) is 6.22. The van der Waals surface area contributed by atoms with E-state index in [-0.39, 0.29) is 30.2 Å². The molecular formula is C17H13F4N5O3. The number of aromatic nitrogens is 3. The van der Waals surface area contributed by atoms with Gasteiger partial charge < -0.3 is 19.6 Å². The Morgan fingerprint density at radius 3 is 2.69 bits per heavy atom. The van der Waals surface area contributed by atoms with Gasteiger partial charge in [-0.05, 0) is 24.3 Å². The molecule has 29 heavy (non-hydrogen) atoms. The first-order chi connectivity index (χ1) is 13.8. The number of hydrogen-bond donors (Lipinski definition) is 1. The van der Waals surface area contributed by atoms with E-state index < -0.39 is 30.1 Å². The lowest BCUT2D eigenvalue weighted by atomic mass is 10.2. The molecule has 0 saturated carbocycles. The Morgan fingerprint density at radius 1 is 1.28 bits per heavy atom. The fraction of sp³-hybridized carbons (Fsp3) is 0.235. The first-order valence-corrected chi connectivity index (χ1v) is 8.33. The van der Waals surface area contributed by atoms with Crippen LogP contribution in [0.3, 0.4) is 0 Å². The quantitative estimate of drug-likeness (QED) is 0.663. The van der Waals surface area contributed by atoms with Gasteiger partial charge in [-0.25, -0.2) is 9.18 Å². The normalized spacial score (nSPS) is 17.1. The number of amides is 1. The van der Waals surface area contributed by atoms with Gasteiger partial charge in [-0.3, -0.25) is 4.90 Å². The van der Waals surface area contributed by atoms with Gasteiger partial charge in [0.1, 0.15) is 11.9 Å². The lowest BCUT2D eigenvalue weighted by Gasteiger charge is -2.14. The lowest BCUT2D eigenvalue weighted by molar-refractivity contribution is -0.159. The molecule has 1 aliphatic rings. The summed E-state index contributed by atoms with van der Waals surface area (Å²) in [7, 11) is 0. The third kappa shape index (κ3) is 3.53. The summed E-state index contributed by atoms with van der Waals surface area (Å²) in [6.07, 6.45) is -3.04. The predicted molar refractivity (Wildman–Crippen MR) is 90.7 cm³/mol. The number of carbonyl (C=O) groups is 1. The second-order valence-corrected chi connectivity index (χ2v) is 6.22. The minimum Gasteiger partial charge on any atom is -0.443 e. The van der Waals surface area contributed by atoms with Gasteiger partial charge in [-0.15, -0.1) is 0 Å².